The Morgan fingerprint density at radius 2 is 1.85 bits per heavy atom. The number of aromatic nitrogens is 1. The number of hydrogen-bond acceptors (Lipinski definition) is 8. The Kier molecular flexibility index (Phi) is 6.46. The van der Waals surface area contributed by atoms with Crippen LogP contribution in [0.4, 0.5) is 11.4 Å². The Morgan fingerprint density at radius 1 is 1.09 bits per heavy atom. The molecule has 1 aromatic heterocycles. The van der Waals surface area contributed by atoms with E-state index >= 15 is 0 Å². The van der Waals surface area contributed by atoms with Crippen LogP contribution in [0.1, 0.15) is 23.9 Å². The van der Waals surface area contributed by atoms with Gasteiger partial charge in [0, 0.05) is 13.0 Å². The Labute approximate surface area is 196 Å². The lowest BCUT2D eigenvalue weighted by molar-refractivity contribution is -0.114. The van der Waals surface area contributed by atoms with Gasteiger partial charge >= 0.3 is 0 Å². The summed E-state index contributed by atoms with van der Waals surface area (Å²) in [5.74, 6) is 1.27. The average Bonchev–Trinajstić information content (AvgIpc) is 3.15. The molecule has 0 atom stereocenters. The van der Waals surface area contributed by atoms with Gasteiger partial charge in [-0.2, -0.15) is 0 Å². The van der Waals surface area contributed by atoms with Gasteiger partial charge in [0.1, 0.15) is 35.2 Å². The van der Waals surface area contributed by atoms with Crippen molar-refractivity contribution >= 4 is 39.5 Å². The van der Waals surface area contributed by atoms with Crippen LogP contribution in [-0.2, 0) is 14.8 Å². The summed E-state index contributed by atoms with van der Waals surface area (Å²) < 4.78 is 50.5. The summed E-state index contributed by atoms with van der Waals surface area (Å²) in [6.07, 6.45) is 3.24. The van der Waals surface area contributed by atoms with Crippen LogP contribution in [0.2, 0.25) is 0 Å². The van der Waals surface area contributed by atoms with Crippen molar-refractivity contribution < 1.29 is 31.9 Å². The van der Waals surface area contributed by atoms with E-state index in [2.05, 4.69) is 15.2 Å². The Bertz CT molecular complexity index is 1360. The Morgan fingerprint density at radius 3 is 2.59 bits per heavy atom. The van der Waals surface area contributed by atoms with Gasteiger partial charge in [-0.25, -0.2) is 8.42 Å². The summed E-state index contributed by atoms with van der Waals surface area (Å²) in [5.41, 5.74) is 1.86. The molecule has 0 saturated heterocycles. The number of sulfonamides is 1. The minimum Gasteiger partial charge on any atom is -0.495 e. The van der Waals surface area contributed by atoms with Crippen LogP contribution < -0.4 is 24.2 Å². The third-order valence-corrected chi connectivity index (χ3v) is 6.29. The highest BCUT2D eigenvalue weighted by molar-refractivity contribution is 7.92. The fraction of sp³-hybridized carbons (Fsp3) is 0.217. The minimum atomic E-state index is -4.01. The monoisotopic (exact) mass is 485 g/mol. The number of methoxy groups -OCH3 is 1. The number of carbonyl (C=O) groups excluding carboxylic acids is 1. The number of anilines is 2. The van der Waals surface area contributed by atoms with Crippen molar-refractivity contribution in [3.05, 3.63) is 53.4 Å². The number of rotatable bonds is 7. The molecule has 1 aliphatic heterocycles. The van der Waals surface area contributed by atoms with Crippen molar-refractivity contribution in [2.24, 2.45) is 0 Å². The zero-order valence-electron chi connectivity index (χ0n) is 18.7. The first-order valence-electron chi connectivity index (χ1n) is 10.3. The summed E-state index contributed by atoms with van der Waals surface area (Å²) in [6, 6.07) is 9.53. The molecule has 2 N–H and O–H groups in total. The van der Waals surface area contributed by atoms with E-state index in [1.807, 2.05) is 0 Å². The number of ether oxygens (including phenoxy) is 3. The summed E-state index contributed by atoms with van der Waals surface area (Å²) in [5, 5.41) is 6.53. The van der Waals surface area contributed by atoms with E-state index in [1.165, 1.54) is 20.1 Å². The Hall–Kier alpha value is -3.99. The molecule has 0 saturated carbocycles. The molecule has 2 aromatic carbocycles. The molecule has 0 radical (unpaired) electrons. The van der Waals surface area contributed by atoms with Crippen molar-refractivity contribution in [3.63, 3.8) is 0 Å². The molecular formula is C23H23N3O7S. The molecule has 10 nitrogen and oxygen atoms in total. The van der Waals surface area contributed by atoms with Crippen LogP contribution in [0.15, 0.2) is 45.8 Å². The van der Waals surface area contributed by atoms with E-state index in [-0.39, 0.29) is 16.6 Å². The van der Waals surface area contributed by atoms with Crippen LogP contribution in [0.25, 0.3) is 12.2 Å². The number of fused-ring (bicyclic) bond motifs is 1. The molecular weight excluding hydrogens is 462 g/mol. The number of nitrogens with one attached hydrogen (secondary N) is 2. The lowest BCUT2D eigenvalue weighted by Crippen LogP contribution is -2.17. The first-order valence-corrected chi connectivity index (χ1v) is 11.8. The first kappa shape index (κ1) is 23.2. The summed E-state index contributed by atoms with van der Waals surface area (Å²) in [7, 11) is -2.61. The molecule has 0 aliphatic carbocycles. The lowest BCUT2D eigenvalue weighted by atomic mass is 10.2. The molecule has 2 heterocycles. The van der Waals surface area contributed by atoms with Gasteiger partial charge in [0.25, 0.3) is 10.0 Å². The molecule has 0 spiro atoms. The maximum atomic E-state index is 13.2. The maximum absolute atomic E-state index is 13.2. The fourth-order valence-corrected chi connectivity index (χ4v) is 4.58. The molecule has 1 aliphatic rings. The zero-order valence-corrected chi connectivity index (χ0v) is 19.6. The number of aryl methyl sites for hydroxylation is 1. The van der Waals surface area contributed by atoms with Crippen LogP contribution in [0.3, 0.4) is 0 Å². The van der Waals surface area contributed by atoms with Gasteiger partial charge in [0.05, 0.1) is 12.8 Å². The van der Waals surface area contributed by atoms with E-state index < -0.39 is 10.0 Å². The number of nitrogens with zero attached hydrogens (tertiary/aromatic N) is 1. The van der Waals surface area contributed by atoms with Gasteiger partial charge in [-0.3, -0.25) is 9.52 Å². The largest absolute Gasteiger partial charge is 0.495 e. The second kappa shape index (κ2) is 9.48. The van der Waals surface area contributed by atoms with E-state index in [1.54, 1.807) is 49.4 Å². The van der Waals surface area contributed by atoms with Crippen molar-refractivity contribution in [2.45, 2.75) is 18.7 Å². The predicted octanol–water partition coefficient (Wildman–Crippen LogP) is 3.69. The topological polar surface area (TPSA) is 129 Å². The summed E-state index contributed by atoms with van der Waals surface area (Å²) in [4.78, 5) is 11.4. The van der Waals surface area contributed by atoms with Crippen molar-refractivity contribution in [1.82, 2.24) is 5.16 Å². The predicted molar refractivity (Wildman–Crippen MR) is 126 cm³/mol. The normalized spacial score (nSPS) is 13.0. The molecule has 4 rings (SSSR count). The van der Waals surface area contributed by atoms with Crippen LogP contribution in [-0.4, -0.2) is 39.8 Å². The smallest absolute Gasteiger partial charge is 0.265 e. The molecule has 0 bridgehead atoms. The highest BCUT2D eigenvalue weighted by Gasteiger charge is 2.22. The van der Waals surface area contributed by atoms with Gasteiger partial charge in [0.15, 0.2) is 17.3 Å². The molecule has 3 aromatic rings. The van der Waals surface area contributed by atoms with Crippen molar-refractivity contribution in [2.75, 3.05) is 30.4 Å². The SMILES string of the molecule is COc1ccc(/C=C\c2onc(C)c2NC(C)=O)cc1S(=O)(=O)Nc1ccc2c(c1)OCCO2. The molecule has 11 heteroatoms. The molecule has 34 heavy (non-hydrogen) atoms. The van der Waals surface area contributed by atoms with Gasteiger partial charge in [-0.15, -0.1) is 0 Å². The highest BCUT2D eigenvalue weighted by atomic mass is 32.2. The second-order valence-corrected chi connectivity index (χ2v) is 9.05. The number of carbonyl (C=O) groups is 1. The first-order chi connectivity index (χ1) is 16.3. The Balaban J connectivity index is 1.62. The zero-order chi connectivity index (χ0) is 24.3. The van der Waals surface area contributed by atoms with Crippen LogP contribution >= 0.6 is 0 Å². The van der Waals surface area contributed by atoms with Crippen LogP contribution in [0, 0.1) is 6.92 Å². The standard InChI is InChI=1S/C23H23N3O7S/c1-14-23(24-15(2)27)20(33-25-14)8-5-16-4-7-19(30-3)22(12-16)34(28,29)26-17-6-9-18-21(13-17)32-11-10-31-18/h4-9,12-13,26H,10-11H2,1-3H3,(H,24,27)/b8-5-. The van der Waals surface area contributed by atoms with E-state index in [0.717, 1.165) is 0 Å². The van der Waals surface area contributed by atoms with Gasteiger partial charge in [-0.1, -0.05) is 17.3 Å². The van der Waals surface area contributed by atoms with Gasteiger partial charge in [0.2, 0.25) is 5.91 Å². The van der Waals surface area contributed by atoms with E-state index in [9.17, 15) is 13.2 Å². The molecule has 0 fully saturated rings. The van der Waals surface area contributed by atoms with Gasteiger partial charge < -0.3 is 24.1 Å². The maximum Gasteiger partial charge on any atom is 0.265 e. The van der Waals surface area contributed by atoms with Crippen LogP contribution in [0.5, 0.6) is 17.2 Å². The minimum absolute atomic E-state index is 0.0529. The average molecular weight is 486 g/mol. The number of amides is 1. The van der Waals surface area contributed by atoms with E-state index in [0.29, 0.717) is 53.1 Å². The molecule has 178 valence electrons. The fourth-order valence-electron chi connectivity index (χ4n) is 3.32. The quantitative estimate of drug-likeness (QED) is 0.518. The third-order valence-electron chi connectivity index (χ3n) is 4.89. The number of hydrogen-bond donors (Lipinski definition) is 2. The van der Waals surface area contributed by atoms with Gasteiger partial charge in [-0.05, 0) is 42.8 Å². The van der Waals surface area contributed by atoms with E-state index in [4.69, 9.17) is 18.7 Å². The van der Waals surface area contributed by atoms with Crippen molar-refractivity contribution in [1.29, 1.82) is 0 Å². The third kappa shape index (κ3) is 4.99. The lowest BCUT2D eigenvalue weighted by Gasteiger charge is -2.19. The summed E-state index contributed by atoms with van der Waals surface area (Å²) >= 11 is 0. The van der Waals surface area contributed by atoms with Crippen molar-refractivity contribution in [3.8, 4) is 17.2 Å². The molecule has 0 unspecified atom stereocenters. The molecule has 1 amide bonds. The summed E-state index contributed by atoms with van der Waals surface area (Å²) in [6.45, 7) is 3.91. The number of benzene rings is 2. The second-order valence-electron chi connectivity index (χ2n) is 7.40. The highest BCUT2D eigenvalue weighted by Crippen LogP contribution is 2.34.